The monoisotopic (exact) mass is 461 g/mol. The zero-order valence-electron chi connectivity index (χ0n) is 19.4. The predicted molar refractivity (Wildman–Crippen MR) is 107 cm³/mol. The van der Waals surface area contributed by atoms with Crippen molar-refractivity contribution in [1.82, 2.24) is 4.90 Å². The summed E-state index contributed by atoms with van der Waals surface area (Å²) in [6.45, 7) is 7.86. The van der Waals surface area contributed by atoms with E-state index >= 15 is 0 Å². The van der Waals surface area contributed by atoms with E-state index < -0.39 is 60.9 Å². The summed E-state index contributed by atoms with van der Waals surface area (Å²) in [4.78, 5) is 71.6. The SMILES string of the molecule is CCN(C[C@@H](OC(C)=O)[C@@H](OC(C)=O)[C@@H](OC(C)=O)[C@@H](COC(C)=O)OC(C)=O)C(C)=O. The van der Waals surface area contributed by atoms with E-state index in [9.17, 15) is 28.8 Å². The van der Waals surface area contributed by atoms with Gasteiger partial charge in [-0.2, -0.15) is 0 Å². The van der Waals surface area contributed by atoms with Crippen molar-refractivity contribution in [3.05, 3.63) is 0 Å². The Morgan fingerprint density at radius 2 is 1.03 bits per heavy atom. The maximum atomic E-state index is 11.9. The van der Waals surface area contributed by atoms with Gasteiger partial charge in [0.1, 0.15) is 6.61 Å². The molecule has 0 radical (unpaired) electrons. The normalized spacial score (nSPS) is 14.1. The molecule has 0 N–H and O–H groups in total. The van der Waals surface area contributed by atoms with Crippen molar-refractivity contribution in [2.45, 2.75) is 72.9 Å². The fourth-order valence-electron chi connectivity index (χ4n) is 2.82. The third-order valence-electron chi connectivity index (χ3n) is 3.97. The largest absolute Gasteiger partial charge is 0.462 e. The number of hydrogen-bond donors (Lipinski definition) is 0. The number of esters is 5. The van der Waals surface area contributed by atoms with Gasteiger partial charge in [-0.1, -0.05) is 0 Å². The van der Waals surface area contributed by atoms with Crippen molar-refractivity contribution < 1.29 is 52.5 Å². The molecule has 0 aromatic carbocycles. The lowest BCUT2D eigenvalue weighted by Crippen LogP contribution is -2.56. The van der Waals surface area contributed by atoms with Crippen LogP contribution in [0.5, 0.6) is 0 Å². The van der Waals surface area contributed by atoms with E-state index in [-0.39, 0.29) is 19.0 Å². The maximum Gasteiger partial charge on any atom is 0.303 e. The van der Waals surface area contributed by atoms with E-state index in [2.05, 4.69) is 0 Å². The van der Waals surface area contributed by atoms with Gasteiger partial charge in [0, 0.05) is 48.1 Å². The number of carbonyl (C=O) groups excluding carboxylic acids is 6. The number of rotatable bonds is 12. The van der Waals surface area contributed by atoms with Crippen LogP contribution >= 0.6 is 0 Å². The Balaban J connectivity index is 6.42. The maximum absolute atomic E-state index is 11.9. The summed E-state index contributed by atoms with van der Waals surface area (Å²) in [5.41, 5.74) is 0. The van der Waals surface area contributed by atoms with Crippen LogP contribution in [0.2, 0.25) is 0 Å². The van der Waals surface area contributed by atoms with Crippen LogP contribution in [-0.2, 0) is 52.5 Å². The van der Waals surface area contributed by atoms with Gasteiger partial charge in [-0.05, 0) is 6.92 Å². The summed E-state index contributed by atoms with van der Waals surface area (Å²) >= 11 is 0. The molecule has 1 amide bonds. The summed E-state index contributed by atoms with van der Waals surface area (Å²) < 4.78 is 25.9. The standard InChI is InChI=1S/C20H31NO11/c1-8-21(11(2)22)9-17(29-13(4)24)19(31-15(6)26)20(32-16(7)27)18(30-14(5)25)10-28-12(3)23/h17-20H,8-10H2,1-7H3/t17-,18-,19-,20+/m1/s1. The Kier molecular flexibility index (Phi) is 12.6. The second kappa shape index (κ2) is 14.0. The van der Waals surface area contributed by atoms with Gasteiger partial charge in [0.2, 0.25) is 5.91 Å². The molecule has 12 heteroatoms. The molecule has 0 spiro atoms. The predicted octanol–water partition coefficient (Wildman–Crippen LogP) is 0.145. The highest BCUT2D eigenvalue weighted by atomic mass is 16.6. The van der Waals surface area contributed by atoms with Crippen molar-refractivity contribution in [2.75, 3.05) is 19.7 Å². The number of ether oxygens (including phenoxy) is 5. The summed E-state index contributed by atoms with van der Waals surface area (Å²) in [5, 5.41) is 0. The second-order valence-corrected chi connectivity index (χ2v) is 6.80. The number of nitrogens with zero attached hydrogens (tertiary/aromatic N) is 1. The Morgan fingerprint density at radius 1 is 0.625 bits per heavy atom. The Bertz CT molecular complexity index is 706. The van der Waals surface area contributed by atoms with Crippen molar-refractivity contribution in [1.29, 1.82) is 0 Å². The molecule has 0 saturated heterocycles. The first kappa shape index (κ1) is 28.8. The molecule has 4 atom stereocenters. The van der Waals surface area contributed by atoms with Gasteiger partial charge < -0.3 is 28.6 Å². The summed E-state index contributed by atoms with van der Waals surface area (Å²) in [5.74, 6) is -4.30. The zero-order valence-corrected chi connectivity index (χ0v) is 19.4. The Morgan fingerprint density at radius 3 is 1.38 bits per heavy atom. The molecule has 0 aliphatic heterocycles. The van der Waals surface area contributed by atoms with Crippen LogP contribution in [0.25, 0.3) is 0 Å². The first-order valence-electron chi connectivity index (χ1n) is 9.86. The second-order valence-electron chi connectivity index (χ2n) is 6.80. The topological polar surface area (TPSA) is 152 Å². The molecule has 0 heterocycles. The first-order valence-corrected chi connectivity index (χ1v) is 9.86. The lowest BCUT2D eigenvalue weighted by atomic mass is 10.0. The van der Waals surface area contributed by atoms with Crippen molar-refractivity contribution in [3.8, 4) is 0 Å². The quantitative estimate of drug-likeness (QED) is 0.288. The average molecular weight is 461 g/mol. The first-order chi connectivity index (χ1) is 14.8. The van der Waals surface area contributed by atoms with E-state index in [0.717, 1.165) is 34.6 Å². The van der Waals surface area contributed by atoms with Crippen LogP contribution in [0.15, 0.2) is 0 Å². The number of likely N-dealkylation sites (N-methyl/N-ethyl adjacent to an activating group) is 1. The molecule has 32 heavy (non-hydrogen) atoms. The molecule has 0 fully saturated rings. The third kappa shape index (κ3) is 11.3. The number of amides is 1. The van der Waals surface area contributed by atoms with Gasteiger partial charge >= 0.3 is 29.8 Å². The fourth-order valence-corrected chi connectivity index (χ4v) is 2.82. The zero-order chi connectivity index (χ0) is 25.0. The molecule has 0 aromatic rings. The van der Waals surface area contributed by atoms with Gasteiger partial charge in [0.05, 0.1) is 6.54 Å². The van der Waals surface area contributed by atoms with Crippen LogP contribution < -0.4 is 0 Å². The van der Waals surface area contributed by atoms with E-state index in [0.29, 0.717) is 0 Å². The minimum atomic E-state index is -1.53. The molecule has 12 nitrogen and oxygen atoms in total. The fraction of sp³-hybridized carbons (Fsp3) is 0.700. The minimum Gasteiger partial charge on any atom is -0.462 e. The highest BCUT2D eigenvalue weighted by Gasteiger charge is 2.44. The van der Waals surface area contributed by atoms with E-state index in [1.54, 1.807) is 6.92 Å². The molecular formula is C20H31NO11. The molecule has 182 valence electrons. The van der Waals surface area contributed by atoms with Gasteiger partial charge in [-0.25, -0.2) is 0 Å². The molecular weight excluding hydrogens is 430 g/mol. The molecule has 0 bridgehead atoms. The van der Waals surface area contributed by atoms with E-state index in [1.165, 1.54) is 11.8 Å². The molecule has 0 unspecified atom stereocenters. The van der Waals surface area contributed by atoms with Crippen LogP contribution in [-0.4, -0.2) is 84.8 Å². The van der Waals surface area contributed by atoms with Gasteiger partial charge in [0.25, 0.3) is 0 Å². The molecule has 0 aliphatic rings. The lowest BCUT2D eigenvalue weighted by molar-refractivity contribution is -0.203. The highest BCUT2D eigenvalue weighted by Crippen LogP contribution is 2.21. The third-order valence-corrected chi connectivity index (χ3v) is 3.97. The molecule has 0 rings (SSSR count). The molecule has 0 saturated carbocycles. The van der Waals surface area contributed by atoms with Crippen molar-refractivity contribution in [2.24, 2.45) is 0 Å². The Hall–Kier alpha value is -3.18. The van der Waals surface area contributed by atoms with Crippen molar-refractivity contribution in [3.63, 3.8) is 0 Å². The summed E-state index contributed by atoms with van der Waals surface area (Å²) in [6, 6.07) is 0. The Labute approximate surface area is 186 Å². The number of hydrogen-bond acceptors (Lipinski definition) is 11. The van der Waals surface area contributed by atoms with Crippen LogP contribution in [0.4, 0.5) is 0 Å². The smallest absolute Gasteiger partial charge is 0.303 e. The van der Waals surface area contributed by atoms with Crippen LogP contribution in [0.1, 0.15) is 48.5 Å². The van der Waals surface area contributed by atoms with Crippen LogP contribution in [0, 0.1) is 0 Å². The van der Waals surface area contributed by atoms with E-state index in [4.69, 9.17) is 23.7 Å². The average Bonchev–Trinajstić information content (AvgIpc) is 2.63. The van der Waals surface area contributed by atoms with Gasteiger partial charge in [-0.3, -0.25) is 28.8 Å². The minimum absolute atomic E-state index is 0.221. The van der Waals surface area contributed by atoms with Crippen molar-refractivity contribution >= 4 is 35.8 Å². The van der Waals surface area contributed by atoms with Crippen LogP contribution in [0.3, 0.4) is 0 Å². The molecule has 0 aliphatic carbocycles. The van der Waals surface area contributed by atoms with E-state index in [1.807, 2.05) is 0 Å². The van der Waals surface area contributed by atoms with Gasteiger partial charge in [-0.15, -0.1) is 0 Å². The summed E-state index contributed by atoms with van der Waals surface area (Å²) in [6.07, 6.45) is -5.75. The lowest BCUT2D eigenvalue weighted by Gasteiger charge is -2.36. The number of carbonyl (C=O) groups is 6. The molecule has 0 aromatic heterocycles. The summed E-state index contributed by atoms with van der Waals surface area (Å²) in [7, 11) is 0. The highest BCUT2D eigenvalue weighted by molar-refractivity contribution is 5.73. The van der Waals surface area contributed by atoms with Gasteiger partial charge in [0.15, 0.2) is 24.4 Å².